The lowest BCUT2D eigenvalue weighted by Crippen LogP contribution is -2.56. The number of anilines is 2. The number of fused-ring (bicyclic) bond motifs is 1. The zero-order valence-electron chi connectivity index (χ0n) is 24.8. The van der Waals surface area contributed by atoms with Gasteiger partial charge in [0.1, 0.15) is 6.04 Å². The largest absolute Gasteiger partial charge is 0.396 e. The van der Waals surface area contributed by atoms with Crippen LogP contribution in [0.3, 0.4) is 0 Å². The summed E-state index contributed by atoms with van der Waals surface area (Å²) in [6, 6.07) is 14.8. The minimum atomic E-state index is -0.764. The van der Waals surface area contributed by atoms with Crippen molar-refractivity contribution in [3.05, 3.63) is 85.0 Å². The number of nitrogens with zero attached hydrogens (tertiary/aromatic N) is 3. The average molecular weight is 667 g/mol. The SMILES string of the molecule is C=CCN(C(=O)[C@H]1[C@@H]2SC3(CC2Br)C(C(=O)N(CC=C)c2cc(C)ccc2C)N(CCCCO)C(=O)[C@H]13)c1ccccc1. The molecule has 7 nitrogen and oxygen atoms in total. The molecular formula is C34H40BrN3O4S. The fourth-order valence-corrected chi connectivity index (χ4v) is 10.8. The van der Waals surface area contributed by atoms with Crippen LogP contribution < -0.4 is 9.80 Å². The Balaban J connectivity index is 1.59. The van der Waals surface area contributed by atoms with Crippen LogP contribution in [0, 0.1) is 25.7 Å². The van der Waals surface area contributed by atoms with Crippen LogP contribution in [0.25, 0.3) is 0 Å². The van der Waals surface area contributed by atoms with Crippen molar-refractivity contribution >= 4 is 56.8 Å². The van der Waals surface area contributed by atoms with E-state index in [1.165, 1.54) is 0 Å². The Kier molecular flexibility index (Phi) is 9.54. The summed E-state index contributed by atoms with van der Waals surface area (Å²) < 4.78 is -0.764. The first-order valence-corrected chi connectivity index (χ1v) is 16.7. The minimum absolute atomic E-state index is 0.00922. The second-order valence-electron chi connectivity index (χ2n) is 11.7. The number of hydrogen-bond donors (Lipinski definition) is 1. The predicted octanol–water partition coefficient (Wildman–Crippen LogP) is 5.28. The molecule has 2 bridgehead atoms. The van der Waals surface area contributed by atoms with Gasteiger partial charge in [-0.15, -0.1) is 24.9 Å². The minimum Gasteiger partial charge on any atom is -0.396 e. The smallest absolute Gasteiger partial charge is 0.251 e. The molecule has 0 radical (unpaired) electrons. The third-order valence-corrected chi connectivity index (χ3v) is 12.2. The summed E-state index contributed by atoms with van der Waals surface area (Å²) >= 11 is 5.52. The zero-order chi connectivity index (χ0) is 30.9. The van der Waals surface area contributed by atoms with Gasteiger partial charge >= 0.3 is 0 Å². The Bertz CT molecular complexity index is 1400. The van der Waals surface area contributed by atoms with E-state index in [1.54, 1.807) is 38.6 Å². The van der Waals surface area contributed by atoms with E-state index in [2.05, 4.69) is 29.1 Å². The molecule has 3 saturated heterocycles. The van der Waals surface area contributed by atoms with Crippen LogP contribution in [-0.2, 0) is 14.4 Å². The number of halogens is 1. The number of benzene rings is 2. The lowest BCUT2D eigenvalue weighted by Gasteiger charge is -2.38. The molecular weight excluding hydrogens is 626 g/mol. The standard InChI is InChI=1S/C34H40BrN3O4S/c1-5-16-36(24-12-8-7-9-13-24)31(40)27-28-32(41)38(18-10-11-19-39)30(34(28)21-25(35)29(27)43-34)33(42)37(17-6-2)26-20-22(3)14-15-23(26)4/h5-9,12-15,20,25,27-30,39H,1-2,10-11,16-19,21H2,3-4H3/t25?,27-,28+,29-,30?,34?/m1/s1. The van der Waals surface area contributed by atoms with Gasteiger partial charge in [0.2, 0.25) is 11.8 Å². The van der Waals surface area contributed by atoms with Crippen molar-refractivity contribution in [2.24, 2.45) is 11.8 Å². The Morgan fingerprint density at radius 3 is 2.44 bits per heavy atom. The first-order valence-electron chi connectivity index (χ1n) is 14.9. The average Bonchev–Trinajstić information content (AvgIpc) is 3.59. The van der Waals surface area contributed by atoms with E-state index in [9.17, 15) is 19.5 Å². The molecule has 1 N–H and O–H groups in total. The van der Waals surface area contributed by atoms with E-state index in [0.717, 1.165) is 22.5 Å². The summed E-state index contributed by atoms with van der Waals surface area (Å²) in [7, 11) is 0. The molecule has 9 heteroatoms. The van der Waals surface area contributed by atoms with Gasteiger partial charge < -0.3 is 19.8 Å². The van der Waals surface area contributed by atoms with Gasteiger partial charge in [0.15, 0.2) is 0 Å². The highest BCUT2D eigenvalue weighted by Crippen LogP contribution is 2.68. The van der Waals surface area contributed by atoms with Gasteiger partial charge in [-0.25, -0.2) is 0 Å². The first kappa shape index (κ1) is 31.5. The molecule has 2 aromatic rings. The monoisotopic (exact) mass is 665 g/mol. The highest BCUT2D eigenvalue weighted by molar-refractivity contribution is 9.09. The fourth-order valence-electron chi connectivity index (χ4n) is 7.16. The Morgan fingerprint density at radius 2 is 1.77 bits per heavy atom. The van der Waals surface area contributed by atoms with E-state index < -0.39 is 22.6 Å². The molecule has 0 aliphatic carbocycles. The number of para-hydroxylation sites is 1. The van der Waals surface area contributed by atoms with Gasteiger partial charge in [0.25, 0.3) is 5.91 Å². The van der Waals surface area contributed by atoms with Crippen molar-refractivity contribution in [1.82, 2.24) is 4.90 Å². The van der Waals surface area contributed by atoms with Gasteiger partial charge in [0.05, 0.1) is 16.6 Å². The van der Waals surface area contributed by atoms with Gasteiger partial charge in [-0.05, 0) is 62.4 Å². The molecule has 3 amide bonds. The van der Waals surface area contributed by atoms with Crippen molar-refractivity contribution in [2.45, 2.75) is 54.0 Å². The van der Waals surface area contributed by atoms with E-state index >= 15 is 0 Å². The maximum atomic E-state index is 14.9. The first-order chi connectivity index (χ1) is 20.7. The predicted molar refractivity (Wildman–Crippen MR) is 178 cm³/mol. The number of likely N-dealkylation sites (tertiary alicyclic amines) is 1. The molecule has 0 saturated carbocycles. The number of aliphatic hydroxyl groups is 1. The van der Waals surface area contributed by atoms with Crippen LogP contribution in [0.15, 0.2) is 73.8 Å². The van der Waals surface area contributed by atoms with Crippen molar-refractivity contribution in [3.63, 3.8) is 0 Å². The molecule has 6 atom stereocenters. The maximum Gasteiger partial charge on any atom is 0.251 e. The van der Waals surface area contributed by atoms with E-state index in [0.29, 0.717) is 38.9 Å². The molecule has 0 aromatic heterocycles. The van der Waals surface area contributed by atoms with Crippen molar-refractivity contribution in [3.8, 4) is 0 Å². The number of aliphatic hydroxyl groups excluding tert-OH is 1. The number of rotatable bonds is 12. The van der Waals surface area contributed by atoms with E-state index in [-0.39, 0.29) is 34.4 Å². The zero-order valence-corrected chi connectivity index (χ0v) is 27.2. The molecule has 3 aliphatic rings. The van der Waals surface area contributed by atoms with Crippen LogP contribution in [0.1, 0.15) is 30.4 Å². The van der Waals surface area contributed by atoms with Crippen molar-refractivity contribution in [1.29, 1.82) is 0 Å². The summed E-state index contributed by atoms with van der Waals surface area (Å²) in [5, 5.41) is 9.37. The summed E-state index contributed by atoms with van der Waals surface area (Å²) in [5.41, 5.74) is 3.55. The van der Waals surface area contributed by atoms with Crippen molar-refractivity contribution < 1.29 is 19.5 Å². The number of amides is 3. The number of alkyl halides is 1. The van der Waals surface area contributed by atoms with Gasteiger partial charge in [0, 0.05) is 47.7 Å². The number of carbonyl (C=O) groups excluding carboxylic acids is 3. The van der Waals surface area contributed by atoms with Gasteiger partial charge in [-0.2, -0.15) is 0 Å². The number of thioether (sulfide) groups is 1. The Morgan fingerprint density at radius 1 is 1.07 bits per heavy atom. The van der Waals surface area contributed by atoms with Gasteiger partial charge in [-0.1, -0.05) is 58.4 Å². The number of aryl methyl sites for hydroxylation is 2. The number of hydrogen-bond acceptors (Lipinski definition) is 5. The summed E-state index contributed by atoms with van der Waals surface area (Å²) in [4.78, 5) is 49.0. The normalized spacial score (nSPS) is 27.2. The third-order valence-electron chi connectivity index (χ3n) is 8.99. The molecule has 228 valence electrons. The van der Waals surface area contributed by atoms with Crippen LogP contribution in [0.4, 0.5) is 11.4 Å². The third kappa shape index (κ3) is 5.49. The van der Waals surface area contributed by atoms with Gasteiger partial charge in [-0.3, -0.25) is 14.4 Å². The van der Waals surface area contributed by atoms with Crippen molar-refractivity contribution in [2.75, 3.05) is 36.0 Å². The topological polar surface area (TPSA) is 81.2 Å². The number of unbranched alkanes of at least 4 members (excludes halogenated alkanes) is 1. The van der Waals surface area contributed by atoms with E-state index in [4.69, 9.17) is 0 Å². The summed E-state index contributed by atoms with van der Waals surface area (Å²) in [5.74, 6) is -1.64. The molecule has 43 heavy (non-hydrogen) atoms. The fraction of sp³-hybridized carbons (Fsp3) is 0.441. The van der Waals surface area contributed by atoms with Crippen LogP contribution in [0.2, 0.25) is 0 Å². The van der Waals surface area contributed by atoms with Crippen LogP contribution in [-0.4, -0.2) is 74.8 Å². The summed E-state index contributed by atoms with van der Waals surface area (Å²) in [6.45, 7) is 12.8. The molecule has 5 rings (SSSR count). The van der Waals surface area contributed by atoms with Crippen LogP contribution in [0.5, 0.6) is 0 Å². The number of carbonyl (C=O) groups is 3. The molecule has 2 aromatic carbocycles. The maximum absolute atomic E-state index is 14.9. The molecule has 3 heterocycles. The molecule has 1 spiro atoms. The second-order valence-corrected chi connectivity index (χ2v) is 14.4. The lowest BCUT2D eigenvalue weighted by atomic mass is 9.70. The van der Waals surface area contributed by atoms with Crippen LogP contribution >= 0.6 is 27.7 Å². The highest BCUT2D eigenvalue weighted by atomic mass is 79.9. The summed E-state index contributed by atoms with van der Waals surface area (Å²) in [6.07, 6.45) is 5.12. The Labute approximate surface area is 267 Å². The quantitative estimate of drug-likeness (QED) is 0.190. The molecule has 3 aliphatic heterocycles. The second kappa shape index (κ2) is 13.0. The molecule has 3 unspecified atom stereocenters. The van der Waals surface area contributed by atoms with E-state index in [1.807, 2.05) is 62.4 Å². The molecule has 3 fully saturated rings. The highest BCUT2D eigenvalue weighted by Gasteiger charge is 2.76. The lowest BCUT2D eigenvalue weighted by molar-refractivity contribution is -0.139. The Hall–Kier alpha value is -2.88.